The minimum absolute atomic E-state index is 0.0941. The van der Waals surface area contributed by atoms with Crippen molar-refractivity contribution in [2.45, 2.75) is 33.0 Å². The molecule has 0 radical (unpaired) electrons. The van der Waals surface area contributed by atoms with Gasteiger partial charge in [-0.15, -0.1) is 0 Å². The fourth-order valence-electron chi connectivity index (χ4n) is 2.61. The number of hydrogen-bond acceptors (Lipinski definition) is 5. The molecule has 2 rings (SSSR count). The van der Waals surface area contributed by atoms with E-state index in [1.165, 1.54) is 0 Å². The molecule has 2 aliphatic carbocycles. The normalized spacial score (nSPS) is 29.0. The van der Waals surface area contributed by atoms with Crippen LogP contribution in [0.2, 0.25) is 0 Å². The summed E-state index contributed by atoms with van der Waals surface area (Å²) in [5.74, 6) is -1.74. The molecule has 3 atom stereocenters. The summed E-state index contributed by atoms with van der Waals surface area (Å²) < 4.78 is 15.7. The number of ether oxygens (including phenoxy) is 3. The maximum atomic E-state index is 11.9. The number of Topliss-reactive ketones (excluding diaryl/α,β-unsaturated/α-hetero) is 1. The third-order valence-electron chi connectivity index (χ3n) is 3.59. The molecule has 0 heterocycles. The lowest BCUT2D eigenvalue weighted by Crippen LogP contribution is -2.31. The van der Waals surface area contributed by atoms with E-state index in [1.807, 2.05) is 19.1 Å². The van der Waals surface area contributed by atoms with Gasteiger partial charge in [-0.05, 0) is 27.2 Å². The molecule has 0 spiro atoms. The zero-order chi connectivity index (χ0) is 14.0. The van der Waals surface area contributed by atoms with Crippen LogP contribution in [-0.2, 0) is 23.8 Å². The van der Waals surface area contributed by atoms with Crippen molar-refractivity contribution in [1.82, 2.24) is 0 Å². The van der Waals surface area contributed by atoms with Crippen LogP contribution in [0.15, 0.2) is 12.2 Å². The van der Waals surface area contributed by atoms with Crippen LogP contribution in [-0.4, -0.2) is 30.9 Å². The van der Waals surface area contributed by atoms with Crippen LogP contribution < -0.4 is 0 Å². The third-order valence-corrected chi connectivity index (χ3v) is 3.59. The molecule has 0 aliphatic heterocycles. The average molecular weight is 268 g/mol. The molecule has 0 aromatic rings. The average Bonchev–Trinajstić information content (AvgIpc) is 2.84. The van der Waals surface area contributed by atoms with Crippen LogP contribution in [0.4, 0.5) is 0 Å². The van der Waals surface area contributed by atoms with E-state index in [2.05, 4.69) is 0 Å². The summed E-state index contributed by atoms with van der Waals surface area (Å²) in [5.41, 5.74) is 0. The standard InChI is InChI=1S/C14H20O5/c1-4-18-14(2,3)19-8-17-13(16)11-7-9-5-6-10(11)12(9)15/h5-6,9-11H,4,7-8H2,1-3H3. The molecule has 2 bridgehead atoms. The Morgan fingerprint density at radius 1 is 1.37 bits per heavy atom. The van der Waals surface area contributed by atoms with Crippen molar-refractivity contribution in [1.29, 1.82) is 0 Å². The van der Waals surface area contributed by atoms with Crippen molar-refractivity contribution in [3.8, 4) is 0 Å². The molecule has 0 N–H and O–H groups in total. The molecule has 1 fully saturated rings. The van der Waals surface area contributed by atoms with Gasteiger partial charge in [-0.2, -0.15) is 0 Å². The highest BCUT2D eigenvalue weighted by molar-refractivity contribution is 5.96. The van der Waals surface area contributed by atoms with Crippen molar-refractivity contribution >= 4 is 11.8 Å². The van der Waals surface area contributed by atoms with Crippen molar-refractivity contribution in [3.05, 3.63) is 12.2 Å². The van der Waals surface area contributed by atoms with Gasteiger partial charge in [0.05, 0.1) is 5.92 Å². The Labute approximate surface area is 112 Å². The van der Waals surface area contributed by atoms with E-state index < -0.39 is 5.79 Å². The first-order chi connectivity index (χ1) is 8.94. The molecule has 0 saturated heterocycles. The van der Waals surface area contributed by atoms with E-state index in [4.69, 9.17) is 14.2 Å². The van der Waals surface area contributed by atoms with Gasteiger partial charge in [0.1, 0.15) is 5.78 Å². The Hall–Kier alpha value is -1.20. The van der Waals surface area contributed by atoms with Gasteiger partial charge in [0, 0.05) is 18.4 Å². The minimum Gasteiger partial charge on any atom is -0.438 e. The molecule has 5 heteroatoms. The summed E-state index contributed by atoms with van der Waals surface area (Å²) in [7, 11) is 0. The minimum atomic E-state index is -0.778. The van der Waals surface area contributed by atoms with Crippen LogP contribution in [0.1, 0.15) is 27.2 Å². The molecular formula is C14H20O5. The predicted molar refractivity (Wildman–Crippen MR) is 67.0 cm³/mol. The van der Waals surface area contributed by atoms with Gasteiger partial charge in [0.25, 0.3) is 0 Å². The van der Waals surface area contributed by atoms with E-state index in [1.54, 1.807) is 13.8 Å². The van der Waals surface area contributed by atoms with Gasteiger partial charge in [-0.25, -0.2) is 0 Å². The zero-order valence-electron chi connectivity index (χ0n) is 11.5. The van der Waals surface area contributed by atoms with Gasteiger partial charge in [0.2, 0.25) is 0 Å². The lowest BCUT2D eigenvalue weighted by molar-refractivity contribution is -0.248. The third kappa shape index (κ3) is 3.04. The monoisotopic (exact) mass is 268 g/mol. The van der Waals surface area contributed by atoms with Crippen LogP contribution in [0, 0.1) is 17.8 Å². The molecular weight excluding hydrogens is 248 g/mol. The highest BCUT2D eigenvalue weighted by Gasteiger charge is 2.47. The Morgan fingerprint density at radius 2 is 2.11 bits per heavy atom. The number of hydrogen-bond donors (Lipinski definition) is 0. The van der Waals surface area contributed by atoms with E-state index in [9.17, 15) is 9.59 Å². The second kappa shape index (κ2) is 5.43. The van der Waals surface area contributed by atoms with Crippen molar-refractivity contribution in [2.24, 2.45) is 17.8 Å². The molecule has 106 valence electrons. The summed E-state index contributed by atoms with van der Waals surface area (Å²) >= 11 is 0. The number of carbonyl (C=O) groups is 2. The van der Waals surface area contributed by atoms with Crippen molar-refractivity contribution < 1.29 is 23.8 Å². The number of esters is 1. The van der Waals surface area contributed by atoms with Gasteiger partial charge in [0.15, 0.2) is 12.6 Å². The molecule has 3 unspecified atom stereocenters. The van der Waals surface area contributed by atoms with E-state index in [0.29, 0.717) is 13.0 Å². The Morgan fingerprint density at radius 3 is 2.63 bits per heavy atom. The molecule has 0 aromatic carbocycles. The number of carbonyl (C=O) groups excluding carboxylic acids is 2. The summed E-state index contributed by atoms with van der Waals surface area (Å²) in [4.78, 5) is 23.6. The summed E-state index contributed by atoms with van der Waals surface area (Å²) in [6.45, 7) is 5.75. The Kier molecular flexibility index (Phi) is 4.06. The topological polar surface area (TPSA) is 61.8 Å². The fraction of sp³-hybridized carbons (Fsp3) is 0.714. The Bertz CT molecular complexity index is 399. The fourth-order valence-corrected chi connectivity index (χ4v) is 2.61. The van der Waals surface area contributed by atoms with Crippen molar-refractivity contribution in [3.63, 3.8) is 0 Å². The van der Waals surface area contributed by atoms with Crippen LogP contribution >= 0.6 is 0 Å². The van der Waals surface area contributed by atoms with Gasteiger partial charge in [-0.1, -0.05) is 12.2 Å². The molecule has 2 aliphatic rings. The number of rotatable bonds is 6. The smallest absolute Gasteiger partial charge is 0.312 e. The first-order valence-corrected chi connectivity index (χ1v) is 6.61. The SMILES string of the molecule is CCOC(C)(C)OCOC(=O)C1CC2C=CC1C2=O. The van der Waals surface area contributed by atoms with E-state index in [0.717, 1.165) is 0 Å². The Balaban J connectivity index is 1.77. The largest absolute Gasteiger partial charge is 0.438 e. The molecule has 5 nitrogen and oxygen atoms in total. The van der Waals surface area contributed by atoms with Crippen LogP contribution in [0.25, 0.3) is 0 Å². The molecule has 19 heavy (non-hydrogen) atoms. The first kappa shape index (κ1) is 14.2. The number of fused-ring (bicyclic) bond motifs is 2. The van der Waals surface area contributed by atoms with Crippen LogP contribution in [0.5, 0.6) is 0 Å². The van der Waals surface area contributed by atoms with Crippen molar-refractivity contribution in [2.75, 3.05) is 13.4 Å². The number of allylic oxidation sites excluding steroid dienone is 2. The van der Waals surface area contributed by atoms with Gasteiger partial charge < -0.3 is 14.2 Å². The highest BCUT2D eigenvalue weighted by Crippen LogP contribution is 2.41. The quantitative estimate of drug-likeness (QED) is 0.416. The predicted octanol–water partition coefficient (Wildman–Crippen LogP) is 1.67. The van der Waals surface area contributed by atoms with Gasteiger partial charge in [-0.3, -0.25) is 9.59 Å². The number of ketones is 1. The molecule has 1 saturated carbocycles. The first-order valence-electron chi connectivity index (χ1n) is 6.61. The lowest BCUT2D eigenvalue weighted by Gasteiger charge is -2.25. The van der Waals surface area contributed by atoms with Gasteiger partial charge >= 0.3 is 5.97 Å². The second-order valence-electron chi connectivity index (χ2n) is 5.32. The van der Waals surface area contributed by atoms with E-state index >= 15 is 0 Å². The molecule has 0 amide bonds. The van der Waals surface area contributed by atoms with Crippen LogP contribution in [0.3, 0.4) is 0 Å². The van der Waals surface area contributed by atoms with E-state index in [-0.39, 0.29) is 36.3 Å². The maximum Gasteiger partial charge on any atom is 0.312 e. The molecule has 0 aromatic heterocycles. The second-order valence-corrected chi connectivity index (χ2v) is 5.32. The highest BCUT2D eigenvalue weighted by atomic mass is 16.8. The summed E-state index contributed by atoms with van der Waals surface area (Å²) in [6, 6.07) is 0. The summed E-state index contributed by atoms with van der Waals surface area (Å²) in [6.07, 6.45) is 4.26. The maximum absolute atomic E-state index is 11.9. The zero-order valence-corrected chi connectivity index (χ0v) is 11.5. The lowest BCUT2D eigenvalue weighted by atomic mass is 9.94. The summed E-state index contributed by atoms with van der Waals surface area (Å²) in [5, 5.41) is 0.